The molecular weight excluding hydrogens is 343 g/mol. The molecule has 0 unspecified atom stereocenters. The van der Waals surface area contributed by atoms with E-state index in [1.165, 1.54) is 17.4 Å². The van der Waals surface area contributed by atoms with Crippen LogP contribution in [0.25, 0.3) is 26.2 Å². The average molecular weight is 351 g/mol. The second kappa shape index (κ2) is 5.12. The first kappa shape index (κ1) is 13.8. The summed E-state index contributed by atoms with van der Waals surface area (Å²) in [4.78, 5) is 1.74. The number of fused-ring (bicyclic) bond motifs is 1. The van der Waals surface area contributed by atoms with Crippen LogP contribution in [0.2, 0.25) is 5.02 Å². The van der Waals surface area contributed by atoms with Gasteiger partial charge in [-0.05, 0) is 42.1 Å². The van der Waals surface area contributed by atoms with Gasteiger partial charge in [0.05, 0.1) is 9.90 Å². The van der Waals surface area contributed by atoms with Crippen LogP contribution in [0.5, 0.6) is 0 Å². The number of halogens is 2. The summed E-state index contributed by atoms with van der Waals surface area (Å²) in [7, 11) is 0. The molecule has 8 heteroatoms. The Morgan fingerprint density at radius 1 is 1.23 bits per heavy atom. The van der Waals surface area contributed by atoms with Crippen LogP contribution in [0.3, 0.4) is 0 Å². The van der Waals surface area contributed by atoms with Crippen molar-refractivity contribution in [2.24, 2.45) is 0 Å². The summed E-state index contributed by atoms with van der Waals surface area (Å²) >= 11 is 8.83. The molecule has 3 aromatic heterocycles. The molecule has 0 atom stereocenters. The van der Waals surface area contributed by atoms with Crippen molar-refractivity contribution < 1.29 is 4.39 Å². The Balaban J connectivity index is 1.86. The van der Waals surface area contributed by atoms with E-state index in [9.17, 15) is 4.39 Å². The fraction of sp³-hybridized carbons (Fsp3) is 0.0714. The number of benzene rings is 1. The van der Waals surface area contributed by atoms with Gasteiger partial charge in [-0.25, -0.2) is 4.39 Å². The second-order valence-corrected chi connectivity index (χ2v) is 6.97. The first-order valence-electron chi connectivity index (χ1n) is 6.35. The van der Waals surface area contributed by atoms with Crippen molar-refractivity contribution in [3.05, 3.63) is 46.0 Å². The SMILES string of the molecule is Cc1ccsc1-c1nnc2sc(-c3ccc(F)c(Cl)c3)nn12. The highest BCUT2D eigenvalue weighted by Gasteiger charge is 2.17. The predicted octanol–water partition coefficient (Wildman–Crippen LogP) is 4.68. The molecule has 4 rings (SSSR count). The van der Waals surface area contributed by atoms with Crippen molar-refractivity contribution in [2.45, 2.75) is 6.92 Å². The van der Waals surface area contributed by atoms with Gasteiger partial charge in [-0.3, -0.25) is 0 Å². The molecule has 0 aliphatic carbocycles. The van der Waals surface area contributed by atoms with E-state index in [-0.39, 0.29) is 5.02 Å². The fourth-order valence-corrected chi connectivity index (χ4v) is 4.02. The van der Waals surface area contributed by atoms with Crippen molar-refractivity contribution in [3.63, 3.8) is 0 Å². The number of hydrogen-bond acceptors (Lipinski definition) is 5. The van der Waals surface area contributed by atoms with Gasteiger partial charge in [0.25, 0.3) is 0 Å². The summed E-state index contributed by atoms with van der Waals surface area (Å²) in [6, 6.07) is 6.60. The minimum atomic E-state index is -0.441. The summed E-state index contributed by atoms with van der Waals surface area (Å²) in [5.41, 5.74) is 1.90. The zero-order chi connectivity index (χ0) is 15.3. The van der Waals surface area contributed by atoms with Crippen molar-refractivity contribution in [1.29, 1.82) is 0 Å². The quantitative estimate of drug-likeness (QED) is 0.527. The van der Waals surface area contributed by atoms with Gasteiger partial charge >= 0.3 is 0 Å². The zero-order valence-electron chi connectivity index (χ0n) is 11.2. The van der Waals surface area contributed by atoms with Gasteiger partial charge in [0.15, 0.2) is 5.82 Å². The molecule has 0 bridgehead atoms. The predicted molar refractivity (Wildman–Crippen MR) is 87.1 cm³/mol. The van der Waals surface area contributed by atoms with Gasteiger partial charge in [-0.1, -0.05) is 22.9 Å². The van der Waals surface area contributed by atoms with Crippen LogP contribution in [-0.4, -0.2) is 19.8 Å². The van der Waals surface area contributed by atoms with E-state index in [4.69, 9.17) is 11.6 Å². The second-order valence-electron chi connectivity index (χ2n) is 4.69. The molecule has 0 radical (unpaired) electrons. The summed E-state index contributed by atoms with van der Waals surface area (Å²) in [5.74, 6) is 0.279. The zero-order valence-corrected chi connectivity index (χ0v) is 13.6. The average Bonchev–Trinajstić information content (AvgIpc) is 3.17. The highest BCUT2D eigenvalue weighted by Crippen LogP contribution is 2.32. The molecule has 0 spiro atoms. The van der Waals surface area contributed by atoms with Crippen LogP contribution >= 0.6 is 34.3 Å². The smallest absolute Gasteiger partial charge is 0.205 e. The van der Waals surface area contributed by atoms with Crippen LogP contribution in [0.1, 0.15) is 5.56 Å². The molecule has 0 N–H and O–H groups in total. The van der Waals surface area contributed by atoms with E-state index >= 15 is 0 Å². The minimum Gasteiger partial charge on any atom is -0.205 e. The van der Waals surface area contributed by atoms with Crippen molar-refractivity contribution in [3.8, 4) is 21.3 Å². The molecule has 0 amide bonds. The van der Waals surface area contributed by atoms with Gasteiger partial charge in [-0.15, -0.1) is 21.5 Å². The van der Waals surface area contributed by atoms with Crippen molar-refractivity contribution >= 4 is 39.2 Å². The molecule has 1 aromatic carbocycles. The fourth-order valence-electron chi connectivity index (χ4n) is 2.11. The van der Waals surface area contributed by atoms with E-state index in [2.05, 4.69) is 15.3 Å². The first-order chi connectivity index (χ1) is 10.6. The molecule has 4 aromatic rings. The first-order valence-corrected chi connectivity index (χ1v) is 8.43. The number of hydrogen-bond donors (Lipinski definition) is 0. The number of aryl methyl sites for hydroxylation is 1. The molecule has 0 aliphatic heterocycles. The van der Waals surface area contributed by atoms with Crippen molar-refractivity contribution in [2.75, 3.05) is 0 Å². The number of rotatable bonds is 2. The van der Waals surface area contributed by atoms with Crippen LogP contribution in [-0.2, 0) is 0 Å². The van der Waals surface area contributed by atoms with Gasteiger partial charge in [-0.2, -0.15) is 9.61 Å². The normalized spacial score (nSPS) is 11.4. The van der Waals surface area contributed by atoms with E-state index in [1.54, 1.807) is 28.0 Å². The maximum atomic E-state index is 13.3. The summed E-state index contributed by atoms with van der Waals surface area (Å²) in [6.45, 7) is 2.03. The third kappa shape index (κ3) is 2.13. The highest BCUT2D eigenvalue weighted by molar-refractivity contribution is 7.20. The Bertz CT molecular complexity index is 988. The molecule has 4 nitrogen and oxygen atoms in total. The lowest BCUT2D eigenvalue weighted by molar-refractivity contribution is 0.628. The Morgan fingerprint density at radius 3 is 2.82 bits per heavy atom. The molecular formula is C14H8ClFN4S2. The van der Waals surface area contributed by atoms with Crippen molar-refractivity contribution in [1.82, 2.24) is 19.8 Å². The Kier molecular flexibility index (Phi) is 3.21. The van der Waals surface area contributed by atoms with E-state index in [0.717, 1.165) is 26.8 Å². The maximum Gasteiger partial charge on any atom is 0.235 e. The summed E-state index contributed by atoms with van der Waals surface area (Å²) in [6.07, 6.45) is 0. The van der Waals surface area contributed by atoms with Gasteiger partial charge in [0.2, 0.25) is 4.96 Å². The molecule has 110 valence electrons. The third-order valence-corrected chi connectivity index (χ3v) is 5.47. The topological polar surface area (TPSA) is 43.1 Å². The number of aromatic nitrogens is 4. The molecule has 3 heterocycles. The van der Waals surface area contributed by atoms with Crippen LogP contribution in [0.4, 0.5) is 4.39 Å². The number of thiophene rings is 1. The van der Waals surface area contributed by atoms with Gasteiger partial charge < -0.3 is 0 Å². The largest absolute Gasteiger partial charge is 0.235 e. The lowest BCUT2D eigenvalue weighted by atomic mass is 10.2. The number of nitrogens with zero attached hydrogens (tertiary/aromatic N) is 4. The van der Waals surface area contributed by atoms with Crippen LogP contribution < -0.4 is 0 Å². The molecule has 0 aliphatic rings. The van der Waals surface area contributed by atoms with Crippen LogP contribution in [0.15, 0.2) is 29.6 Å². The Labute approximate surface area is 137 Å². The lowest BCUT2D eigenvalue weighted by Gasteiger charge is -1.98. The van der Waals surface area contributed by atoms with E-state index < -0.39 is 5.82 Å². The monoisotopic (exact) mass is 350 g/mol. The molecule has 22 heavy (non-hydrogen) atoms. The molecule has 0 saturated heterocycles. The standard InChI is InChI=1S/C14H8ClFN4S2/c1-7-4-5-21-11(7)12-17-18-14-20(12)19-13(22-14)8-2-3-10(16)9(15)6-8/h2-6H,1H3. The Morgan fingerprint density at radius 2 is 2.09 bits per heavy atom. The molecule has 0 saturated carbocycles. The van der Waals surface area contributed by atoms with Gasteiger partial charge in [0.1, 0.15) is 10.8 Å². The van der Waals surface area contributed by atoms with Crippen LogP contribution in [0, 0.1) is 12.7 Å². The third-order valence-electron chi connectivity index (χ3n) is 3.22. The van der Waals surface area contributed by atoms with Gasteiger partial charge in [0, 0.05) is 5.56 Å². The lowest BCUT2D eigenvalue weighted by Crippen LogP contribution is -1.90. The Hall–Kier alpha value is -1.83. The minimum absolute atomic E-state index is 0.0813. The van der Waals surface area contributed by atoms with E-state index in [0.29, 0.717) is 4.96 Å². The van der Waals surface area contributed by atoms with E-state index in [1.807, 2.05) is 18.4 Å². The summed E-state index contributed by atoms with van der Waals surface area (Å²) < 4.78 is 15.0. The molecule has 0 fully saturated rings. The highest BCUT2D eigenvalue weighted by atomic mass is 35.5. The maximum absolute atomic E-state index is 13.3. The summed E-state index contributed by atoms with van der Waals surface area (Å²) in [5, 5.41) is 15.7.